The molecular formula is C16H18. The Labute approximate surface area is 97.9 Å². The zero-order valence-electron chi connectivity index (χ0n) is 10.0. The topological polar surface area (TPSA) is 0 Å². The molecule has 0 atom stereocenters. The highest BCUT2D eigenvalue weighted by atomic mass is 14.2. The molecule has 0 fully saturated rings. The van der Waals surface area contributed by atoms with E-state index in [-0.39, 0.29) is 0 Å². The van der Waals surface area contributed by atoms with Gasteiger partial charge in [-0.1, -0.05) is 62.4 Å². The minimum Gasteiger partial charge on any atom is -0.0683 e. The number of hydrogen-bond acceptors (Lipinski definition) is 0. The number of aryl methyl sites for hydroxylation is 2. The Morgan fingerprint density at radius 1 is 0.625 bits per heavy atom. The lowest BCUT2D eigenvalue weighted by atomic mass is 9.86. The van der Waals surface area contributed by atoms with E-state index in [0.29, 0.717) is 0 Å². The predicted octanol–water partition coefficient (Wildman–Crippen LogP) is 4.48. The fraction of sp³-hybridized carbons (Fsp3) is 0.250. The molecule has 0 nitrogen and oxygen atoms in total. The monoisotopic (exact) mass is 210 g/mol. The molecule has 0 spiro atoms. The third kappa shape index (κ3) is 1.88. The van der Waals surface area contributed by atoms with E-state index in [1.54, 1.807) is 0 Å². The summed E-state index contributed by atoms with van der Waals surface area (Å²) < 4.78 is 0. The summed E-state index contributed by atoms with van der Waals surface area (Å²) >= 11 is 0. The van der Waals surface area contributed by atoms with Crippen LogP contribution in [-0.4, -0.2) is 0 Å². The van der Waals surface area contributed by atoms with Crippen LogP contribution in [0.5, 0.6) is 0 Å². The van der Waals surface area contributed by atoms with Crippen molar-refractivity contribution in [2.24, 2.45) is 0 Å². The zero-order valence-corrected chi connectivity index (χ0v) is 10.0. The van der Waals surface area contributed by atoms with Crippen LogP contribution < -0.4 is 0 Å². The van der Waals surface area contributed by atoms with Gasteiger partial charge >= 0.3 is 0 Å². The van der Waals surface area contributed by atoms with Gasteiger partial charge in [-0.2, -0.15) is 0 Å². The van der Waals surface area contributed by atoms with E-state index in [2.05, 4.69) is 48.5 Å². The van der Waals surface area contributed by atoms with Gasteiger partial charge in [0.15, 0.2) is 0 Å². The highest BCUT2D eigenvalue weighted by Crippen LogP contribution is 2.32. The molecule has 0 unspecified atom stereocenters. The van der Waals surface area contributed by atoms with Gasteiger partial charge in [-0.3, -0.25) is 0 Å². The van der Waals surface area contributed by atoms with Crippen molar-refractivity contribution in [1.29, 1.82) is 0 Å². The summed E-state index contributed by atoms with van der Waals surface area (Å²) in [6.45, 7) is 4.00. The van der Waals surface area contributed by atoms with Crippen LogP contribution in [0, 0.1) is 0 Å². The first-order chi connectivity index (χ1) is 7.95. The zero-order chi connectivity index (χ0) is 11.4. The van der Waals surface area contributed by atoms with E-state index in [9.17, 15) is 0 Å². The Hall–Kier alpha value is -1.56. The van der Waals surface area contributed by atoms with Crippen LogP contribution in [0.3, 0.4) is 0 Å². The van der Waals surface area contributed by atoms with Gasteiger partial charge in [0.25, 0.3) is 0 Å². The summed E-state index contributed by atoms with van der Waals surface area (Å²) in [5.74, 6) is 0. The first-order valence-corrected chi connectivity index (χ1v) is 6.11. The molecule has 82 valence electrons. The lowest BCUT2D eigenvalue weighted by Crippen LogP contribution is -2.02. The van der Waals surface area contributed by atoms with Crippen LogP contribution in [0.1, 0.15) is 25.0 Å². The van der Waals surface area contributed by atoms with Crippen LogP contribution in [0.4, 0.5) is 0 Å². The van der Waals surface area contributed by atoms with E-state index < -0.39 is 0 Å². The first-order valence-electron chi connectivity index (χ1n) is 6.11. The summed E-state index contributed by atoms with van der Waals surface area (Å²) in [6.07, 6.45) is 2.38. The van der Waals surface area contributed by atoms with Crippen molar-refractivity contribution in [2.75, 3.05) is 0 Å². The fourth-order valence-corrected chi connectivity index (χ4v) is 2.27. The van der Waals surface area contributed by atoms with E-state index >= 15 is 0 Å². The average Bonchev–Trinajstić information content (AvgIpc) is 2.41. The van der Waals surface area contributed by atoms with Crippen LogP contribution in [0.2, 0.25) is 0 Å². The fourth-order valence-electron chi connectivity index (χ4n) is 2.27. The minimum atomic E-state index is 1.19. The molecule has 0 saturated carbocycles. The maximum atomic E-state index is 2.24. The molecule has 0 bridgehead atoms. The number of benzene rings is 2. The molecule has 0 radical (unpaired) electrons. The highest BCUT2D eigenvalue weighted by molar-refractivity contribution is 5.72. The van der Waals surface area contributed by atoms with Gasteiger partial charge in [0.05, 0.1) is 0 Å². The summed E-state index contributed by atoms with van der Waals surface area (Å²) in [6, 6.07) is 17.5. The van der Waals surface area contributed by atoms with Gasteiger partial charge in [-0.15, -0.1) is 0 Å². The Bertz CT molecular complexity index is 423. The van der Waals surface area contributed by atoms with Crippen molar-refractivity contribution in [2.45, 2.75) is 26.7 Å². The standard InChI is InChI=1S/C14H12.C2H6/c1-3-7-13-11(5-1)9-10-12-6-2-4-8-14(12)13;1-2/h1-8H,9-10H2;1-2H3. The molecule has 0 heteroatoms. The molecule has 0 N–H and O–H groups in total. The van der Waals surface area contributed by atoms with Gasteiger partial charge < -0.3 is 0 Å². The SMILES string of the molecule is CC.c1ccc2c(c1)CCc1ccccc1-2. The van der Waals surface area contributed by atoms with Crippen molar-refractivity contribution in [3.8, 4) is 11.1 Å². The Balaban J connectivity index is 0.000000457. The van der Waals surface area contributed by atoms with Gasteiger partial charge in [-0.25, -0.2) is 0 Å². The van der Waals surface area contributed by atoms with Crippen LogP contribution >= 0.6 is 0 Å². The summed E-state index contributed by atoms with van der Waals surface area (Å²) in [5, 5.41) is 0. The van der Waals surface area contributed by atoms with E-state index in [1.807, 2.05) is 13.8 Å². The molecule has 0 aliphatic heterocycles. The largest absolute Gasteiger partial charge is 0.0683 e. The summed E-state index contributed by atoms with van der Waals surface area (Å²) in [5.41, 5.74) is 5.83. The van der Waals surface area contributed by atoms with Crippen LogP contribution in [0.15, 0.2) is 48.5 Å². The van der Waals surface area contributed by atoms with E-state index in [1.165, 1.54) is 35.1 Å². The molecule has 0 saturated heterocycles. The third-order valence-electron chi connectivity index (χ3n) is 2.99. The van der Waals surface area contributed by atoms with Crippen LogP contribution in [-0.2, 0) is 12.8 Å². The summed E-state index contributed by atoms with van der Waals surface area (Å²) in [7, 11) is 0. The quantitative estimate of drug-likeness (QED) is 0.601. The van der Waals surface area contributed by atoms with Crippen molar-refractivity contribution in [3.63, 3.8) is 0 Å². The Kier molecular flexibility index (Phi) is 3.40. The molecule has 3 rings (SSSR count). The van der Waals surface area contributed by atoms with Gasteiger partial charge in [0.2, 0.25) is 0 Å². The average molecular weight is 210 g/mol. The van der Waals surface area contributed by atoms with Crippen molar-refractivity contribution in [1.82, 2.24) is 0 Å². The second-order valence-corrected chi connectivity index (χ2v) is 3.81. The second kappa shape index (κ2) is 4.98. The van der Waals surface area contributed by atoms with Gasteiger partial charge in [0.1, 0.15) is 0 Å². The third-order valence-corrected chi connectivity index (χ3v) is 2.99. The molecule has 2 aromatic carbocycles. The van der Waals surface area contributed by atoms with E-state index in [4.69, 9.17) is 0 Å². The molecule has 16 heavy (non-hydrogen) atoms. The second-order valence-electron chi connectivity index (χ2n) is 3.81. The molecule has 0 heterocycles. The molecule has 0 amide bonds. The minimum absolute atomic E-state index is 1.19. The van der Waals surface area contributed by atoms with Gasteiger partial charge in [-0.05, 0) is 35.1 Å². The van der Waals surface area contributed by atoms with E-state index in [0.717, 1.165) is 0 Å². The maximum absolute atomic E-state index is 2.24. The van der Waals surface area contributed by atoms with Crippen molar-refractivity contribution >= 4 is 0 Å². The molecule has 0 aromatic heterocycles. The predicted molar refractivity (Wildman–Crippen MR) is 70.6 cm³/mol. The molecule has 2 aromatic rings. The molecule has 1 aliphatic rings. The summed E-state index contributed by atoms with van der Waals surface area (Å²) in [4.78, 5) is 0. The highest BCUT2D eigenvalue weighted by Gasteiger charge is 2.13. The van der Waals surface area contributed by atoms with Crippen molar-refractivity contribution < 1.29 is 0 Å². The van der Waals surface area contributed by atoms with Crippen molar-refractivity contribution in [3.05, 3.63) is 59.7 Å². The normalized spacial score (nSPS) is 11.9. The number of hydrogen-bond donors (Lipinski definition) is 0. The first kappa shape index (κ1) is 10.9. The van der Waals surface area contributed by atoms with Crippen LogP contribution in [0.25, 0.3) is 11.1 Å². The number of fused-ring (bicyclic) bond motifs is 3. The smallest absolute Gasteiger partial charge is 0.0149 e. The number of rotatable bonds is 0. The lowest BCUT2D eigenvalue weighted by Gasteiger charge is -2.19. The molecular weight excluding hydrogens is 192 g/mol. The maximum Gasteiger partial charge on any atom is -0.0149 e. The Morgan fingerprint density at radius 2 is 1.00 bits per heavy atom. The Morgan fingerprint density at radius 3 is 1.44 bits per heavy atom. The lowest BCUT2D eigenvalue weighted by molar-refractivity contribution is 0.942. The molecule has 1 aliphatic carbocycles. The van der Waals surface area contributed by atoms with Gasteiger partial charge in [0, 0.05) is 0 Å².